The molecule has 0 aromatic carbocycles. The molecule has 0 amide bonds. The van der Waals surface area contributed by atoms with Gasteiger partial charge in [0.2, 0.25) is 0 Å². The van der Waals surface area contributed by atoms with Gasteiger partial charge in [0.05, 0.1) is 12.2 Å². The van der Waals surface area contributed by atoms with Crippen LogP contribution < -0.4 is 0 Å². The molecule has 0 unspecified atom stereocenters. The standard InChI is InChI=1S/C30H50O2/c1-19-9-13-23-27(3,4)25(31)15-17-29(23,7)21(19)11-12-22-20(2)10-14-24-28(5,6)26(32)16-18-30(22,24)8/h21-26,31-32H,1-2,9-18H2,3-8H3/t21-,22-,23-,24+,25-,26+,29+,30-/m1/s1. The van der Waals surface area contributed by atoms with E-state index in [4.69, 9.17) is 0 Å². The second kappa shape index (κ2) is 7.98. The van der Waals surface area contributed by atoms with Crippen LogP contribution in [0.3, 0.4) is 0 Å². The topological polar surface area (TPSA) is 40.5 Å². The monoisotopic (exact) mass is 442 g/mol. The summed E-state index contributed by atoms with van der Waals surface area (Å²) in [4.78, 5) is 0. The van der Waals surface area contributed by atoms with Gasteiger partial charge >= 0.3 is 0 Å². The maximum absolute atomic E-state index is 10.8. The molecule has 2 nitrogen and oxygen atoms in total. The Hall–Kier alpha value is -0.600. The fourth-order valence-electron chi connectivity index (χ4n) is 9.73. The molecule has 4 aliphatic rings. The lowest BCUT2D eigenvalue weighted by molar-refractivity contribution is -0.134. The van der Waals surface area contributed by atoms with Crippen LogP contribution in [-0.4, -0.2) is 22.4 Å². The number of rotatable bonds is 3. The Balaban J connectivity index is 1.57. The molecule has 0 aliphatic heterocycles. The van der Waals surface area contributed by atoms with Crippen LogP contribution in [0, 0.1) is 45.3 Å². The highest BCUT2D eigenvalue weighted by Gasteiger charge is 2.58. The summed E-state index contributed by atoms with van der Waals surface area (Å²) in [6.07, 6.45) is 10.7. The van der Waals surface area contributed by atoms with E-state index in [1.165, 1.54) is 36.8 Å². The van der Waals surface area contributed by atoms with Crippen LogP contribution in [0.5, 0.6) is 0 Å². The van der Waals surface area contributed by atoms with Crippen LogP contribution in [0.15, 0.2) is 24.3 Å². The fourth-order valence-corrected chi connectivity index (χ4v) is 9.73. The van der Waals surface area contributed by atoms with Gasteiger partial charge in [0.25, 0.3) is 0 Å². The average molecular weight is 443 g/mol. The van der Waals surface area contributed by atoms with Gasteiger partial charge in [0.15, 0.2) is 0 Å². The van der Waals surface area contributed by atoms with Crippen molar-refractivity contribution in [3.8, 4) is 0 Å². The highest BCUT2D eigenvalue weighted by molar-refractivity contribution is 5.20. The van der Waals surface area contributed by atoms with Crippen molar-refractivity contribution in [1.82, 2.24) is 0 Å². The van der Waals surface area contributed by atoms with E-state index in [9.17, 15) is 10.2 Å². The van der Waals surface area contributed by atoms with Crippen LogP contribution >= 0.6 is 0 Å². The van der Waals surface area contributed by atoms with Gasteiger partial charge < -0.3 is 10.2 Å². The summed E-state index contributed by atoms with van der Waals surface area (Å²) in [5.41, 5.74) is 3.38. The lowest BCUT2D eigenvalue weighted by atomic mass is 9.44. The maximum Gasteiger partial charge on any atom is 0.0594 e. The lowest BCUT2D eigenvalue weighted by Gasteiger charge is -2.61. The van der Waals surface area contributed by atoms with Gasteiger partial charge in [-0.15, -0.1) is 0 Å². The Morgan fingerprint density at radius 2 is 1.00 bits per heavy atom. The zero-order chi connectivity index (χ0) is 23.7. The smallest absolute Gasteiger partial charge is 0.0594 e. The van der Waals surface area contributed by atoms with Gasteiger partial charge in [0.1, 0.15) is 0 Å². The molecule has 4 rings (SSSR count). The highest BCUT2D eigenvalue weighted by Crippen LogP contribution is 2.64. The Bertz CT molecular complexity index is 699. The van der Waals surface area contributed by atoms with Crippen molar-refractivity contribution in [2.24, 2.45) is 45.3 Å². The minimum absolute atomic E-state index is 0.0129. The highest BCUT2D eigenvalue weighted by atomic mass is 16.3. The molecule has 8 atom stereocenters. The molecule has 0 saturated heterocycles. The molecule has 2 N–H and O–H groups in total. The molecule has 32 heavy (non-hydrogen) atoms. The van der Waals surface area contributed by atoms with Crippen molar-refractivity contribution in [3.63, 3.8) is 0 Å². The zero-order valence-corrected chi connectivity index (χ0v) is 21.8. The van der Waals surface area contributed by atoms with Gasteiger partial charge in [0, 0.05) is 0 Å². The van der Waals surface area contributed by atoms with E-state index < -0.39 is 0 Å². The number of fused-ring (bicyclic) bond motifs is 2. The quantitative estimate of drug-likeness (QED) is 0.450. The van der Waals surface area contributed by atoms with Gasteiger partial charge in [-0.1, -0.05) is 65.8 Å². The van der Waals surface area contributed by atoms with Crippen molar-refractivity contribution in [2.45, 2.75) is 118 Å². The second-order valence-corrected chi connectivity index (χ2v) is 13.9. The maximum atomic E-state index is 10.8. The number of hydrogen-bond acceptors (Lipinski definition) is 2. The summed E-state index contributed by atoms with van der Waals surface area (Å²) >= 11 is 0. The van der Waals surface area contributed by atoms with E-state index in [1.54, 1.807) is 0 Å². The third-order valence-electron chi connectivity index (χ3n) is 11.8. The predicted molar refractivity (Wildman–Crippen MR) is 134 cm³/mol. The van der Waals surface area contributed by atoms with E-state index >= 15 is 0 Å². The van der Waals surface area contributed by atoms with E-state index in [0.29, 0.717) is 23.7 Å². The van der Waals surface area contributed by atoms with Crippen LogP contribution in [-0.2, 0) is 0 Å². The number of allylic oxidation sites excluding steroid dienone is 2. The minimum atomic E-state index is -0.179. The van der Waals surface area contributed by atoms with Crippen molar-refractivity contribution < 1.29 is 10.2 Å². The Labute approximate surface area is 198 Å². The van der Waals surface area contributed by atoms with Gasteiger partial charge in [-0.25, -0.2) is 0 Å². The number of aliphatic hydroxyl groups excluding tert-OH is 2. The van der Waals surface area contributed by atoms with Crippen LogP contribution in [0.2, 0.25) is 0 Å². The van der Waals surface area contributed by atoms with Crippen molar-refractivity contribution in [2.75, 3.05) is 0 Å². The molecule has 4 fully saturated rings. The molecule has 0 aromatic heterocycles. The van der Waals surface area contributed by atoms with Crippen LogP contribution in [0.1, 0.15) is 106 Å². The molecule has 4 aliphatic carbocycles. The molecule has 182 valence electrons. The van der Waals surface area contributed by atoms with E-state index in [-0.39, 0.29) is 33.9 Å². The minimum Gasteiger partial charge on any atom is -0.393 e. The van der Waals surface area contributed by atoms with Crippen LogP contribution in [0.4, 0.5) is 0 Å². The summed E-state index contributed by atoms with van der Waals surface area (Å²) < 4.78 is 0. The largest absolute Gasteiger partial charge is 0.393 e. The Morgan fingerprint density at radius 3 is 1.34 bits per heavy atom. The van der Waals surface area contributed by atoms with Gasteiger partial charge in [-0.05, 0) is 110 Å². The first-order chi connectivity index (χ1) is 14.8. The zero-order valence-electron chi connectivity index (χ0n) is 21.8. The average Bonchev–Trinajstić information content (AvgIpc) is 2.69. The molecule has 0 spiro atoms. The van der Waals surface area contributed by atoms with E-state index in [1.807, 2.05) is 0 Å². The fraction of sp³-hybridized carbons (Fsp3) is 0.867. The summed E-state index contributed by atoms with van der Waals surface area (Å²) in [6.45, 7) is 23.4. The Morgan fingerprint density at radius 1 is 0.656 bits per heavy atom. The van der Waals surface area contributed by atoms with Crippen molar-refractivity contribution in [3.05, 3.63) is 24.3 Å². The third kappa shape index (κ3) is 3.49. The lowest BCUT2D eigenvalue weighted by Crippen LogP contribution is -2.56. The molecular weight excluding hydrogens is 392 g/mol. The predicted octanol–water partition coefficient (Wildman–Crippen LogP) is 7.31. The first-order valence-corrected chi connectivity index (χ1v) is 13.5. The SMILES string of the molecule is C=C1CC[C@@H]2C(C)(C)[C@H](O)CC[C@@]2(C)[C@@H]1CC[C@@H]1C(=C)CC[C@H]2C(C)(C)[C@@H](O)CC[C@]12C. The van der Waals surface area contributed by atoms with E-state index in [2.05, 4.69) is 54.7 Å². The van der Waals surface area contributed by atoms with Crippen molar-refractivity contribution in [1.29, 1.82) is 0 Å². The number of aliphatic hydroxyl groups is 2. The molecule has 0 aromatic rings. The van der Waals surface area contributed by atoms with Crippen LogP contribution in [0.25, 0.3) is 0 Å². The van der Waals surface area contributed by atoms with Crippen molar-refractivity contribution >= 4 is 0 Å². The molecule has 0 heterocycles. The molecule has 0 bridgehead atoms. The number of hydrogen-bond donors (Lipinski definition) is 2. The summed E-state index contributed by atoms with van der Waals surface area (Å²) in [6, 6.07) is 0. The summed E-state index contributed by atoms with van der Waals surface area (Å²) in [5, 5.41) is 21.6. The molecular formula is C30H50O2. The normalized spacial score (nSPS) is 48.1. The first kappa shape index (κ1) is 24.5. The second-order valence-electron chi connectivity index (χ2n) is 13.9. The summed E-state index contributed by atoms with van der Waals surface area (Å²) in [5.74, 6) is 2.23. The first-order valence-electron chi connectivity index (χ1n) is 13.5. The summed E-state index contributed by atoms with van der Waals surface area (Å²) in [7, 11) is 0. The third-order valence-corrected chi connectivity index (χ3v) is 11.8. The molecule has 4 saturated carbocycles. The Kier molecular flexibility index (Phi) is 6.11. The van der Waals surface area contributed by atoms with Gasteiger partial charge in [-0.3, -0.25) is 0 Å². The molecule has 0 radical (unpaired) electrons. The van der Waals surface area contributed by atoms with Gasteiger partial charge in [-0.2, -0.15) is 0 Å². The molecule has 2 heteroatoms. The van der Waals surface area contributed by atoms with E-state index in [0.717, 1.165) is 38.5 Å².